The summed E-state index contributed by atoms with van der Waals surface area (Å²) in [7, 11) is 0. The summed E-state index contributed by atoms with van der Waals surface area (Å²) in [5.41, 5.74) is 2.01. The number of aryl methyl sites for hydroxylation is 1. The molecule has 0 spiro atoms. The Morgan fingerprint density at radius 1 is 1.06 bits per heavy atom. The lowest BCUT2D eigenvalue weighted by atomic mass is 10.0. The summed E-state index contributed by atoms with van der Waals surface area (Å²) in [6, 6.07) is 10.7. The number of ether oxygens (including phenoxy) is 2. The molecule has 2 amide bonds. The van der Waals surface area contributed by atoms with Gasteiger partial charge >= 0.3 is 5.97 Å². The van der Waals surface area contributed by atoms with E-state index in [-0.39, 0.29) is 24.0 Å². The maximum absolute atomic E-state index is 12.8. The van der Waals surface area contributed by atoms with Crippen molar-refractivity contribution in [1.82, 2.24) is 5.32 Å². The lowest BCUT2D eigenvalue weighted by molar-refractivity contribution is -0.149. The number of hydrogen-bond acceptors (Lipinski definition) is 6. The molecule has 0 saturated carbocycles. The van der Waals surface area contributed by atoms with Gasteiger partial charge < -0.3 is 20.1 Å². The van der Waals surface area contributed by atoms with Gasteiger partial charge in [0.25, 0.3) is 11.8 Å². The molecule has 1 aliphatic heterocycles. The van der Waals surface area contributed by atoms with Crippen LogP contribution in [-0.2, 0) is 14.3 Å². The zero-order chi connectivity index (χ0) is 23.4. The Kier molecular flexibility index (Phi) is 6.92. The van der Waals surface area contributed by atoms with Crippen LogP contribution >= 0.6 is 0 Å². The number of carbonyl (C=O) groups excluding carboxylic acids is 4. The number of hydrogen-bond donors (Lipinski definition) is 2. The monoisotopic (exact) mass is 438 g/mol. The minimum Gasteiger partial charge on any atom is -0.482 e. The summed E-state index contributed by atoms with van der Waals surface area (Å²) in [6.07, 6.45) is -1.09. The van der Waals surface area contributed by atoms with E-state index in [0.29, 0.717) is 17.0 Å². The predicted molar refractivity (Wildman–Crippen MR) is 118 cm³/mol. The number of nitrogens with one attached hydrogen (secondary N) is 2. The van der Waals surface area contributed by atoms with E-state index in [1.165, 1.54) is 13.0 Å². The molecule has 32 heavy (non-hydrogen) atoms. The average molecular weight is 438 g/mol. The number of ketones is 1. The fourth-order valence-electron chi connectivity index (χ4n) is 3.28. The van der Waals surface area contributed by atoms with Crippen molar-refractivity contribution in [1.29, 1.82) is 0 Å². The number of benzene rings is 2. The first kappa shape index (κ1) is 23.0. The molecule has 0 aliphatic carbocycles. The molecule has 1 aliphatic rings. The van der Waals surface area contributed by atoms with Crippen LogP contribution in [0.3, 0.4) is 0 Å². The second-order valence-electron chi connectivity index (χ2n) is 8.06. The third-order valence-corrected chi connectivity index (χ3v) is 5.05. The minimum atomic E-state index is -1.09. The number of fused-ring (bicyclic) bond motifs is 1. The summed E-state index contributed by atoms with van der Waals surface area (Å²) < 4.78 is 10.7. The summed E-state index contributed by atoms with van der Waals surface area (Å²) in [6.45, 7) is 6.81. The quantitative estimate of drug-likeness (QED) is 0.508. The molecule has 168 valence electrons. The number of amides is 2. The normalized spacial score (nSPS) is 14.5. The molecule has 0 unspecified atom stereocenters. The molecular weight excluding hydrogens is 412 g/mol. The van der Waals surface area contributed by atoms with Gasteiger partial charge in [-0.1, -0.05) is 31.5 Å². The average Bonchev–Trinajstić information content (AvgIpc) is 2.75. The van der Waals surface area contributed by atoms with Crippen LogP contribution in [0, 0.1) is 12.8 Å². The summed E-state index contributed by atoms with van der Waals surface area (Å²) >= 11 is 0. The van der Waals surface area contributed by atoms with Crippen molar-refractivity contribution in [2.75, 3.05) is 11.9 Å². The van der Waals surface area contributed by atoms with Crippen molar-refractivity contribution in [3.63, 3.8) is 0 Å². The molecule has 3 rings (SSSR count). The van der Waals surface area contributed by atoms with Crippen LogP contribution in [0.1, 0.15) is 47.1 Å². The Bertz CT molecular complexity index is 1060. The molecule has 2 atom stereocenters. The summed E-state index contributed by atoms with van der Waals surface area (Å²) in [5.74, 6) is -1.64. The lowest BCUT2D eigenvalue weighted by Gasteiger charge is -2.23. The van der Waals surface area contributed by atoms with E-state index < -0.39 is 29.8 Å². The van der Waals surface area contributed by atoms with Crippen molar-refractivity contribution < 1.29 is 28.7 Å². The molecule has 2 aromatic carbocycles. The van der Waals surface area contributed by atoms with E-state index in [1.54, 1.807) is 44.2 Å². The van der Waals surface area contributed by atoms with Gasteiger partial charge in [0.2, 0.25) is 5.78 Å². The molecule has 8 heteroatoms. The van der Waals surface area contributed by atoms with Crippen LogP contribution in [0.25, 0.3) is 0 Å². The largest absolute Gasteiger partial charge is 0.482 e. The molecular formula is C24H26N2O6. The van der Waals surface area contributed by atoms with Gasteiger partial charge in [-0.15, -0.1) is 0 Å². The van der Waals surface area contributed by atoms with Gasteiger partial charge in [0, 0.05) is 11.1 Å². The summed E-state index contributed by atoms with van der Waals surface area (Å²) in [4.78, 5) is 49.7. The Hall–Kier alpha value is -3.68. The Balaban J connectivity index is 1.68. The van der Waals surface area contributed by atoms with Crippen LogP contribution in [0.15, 0.2) is 42.5 Å². The topological polar surface area (TPSA) is 111 Å². The number of carbonyl (C=O) groups is 4. The van der Waals surface area contributed by atoms with Crippen LogP contribution < -0.4 is 15.4 Å². The Morgan fingerprint density at radius 3 is 2.50 bits per heavy atom. The van der Waals surface area contributed by atoms with E-state index in [1.807, 2.05) is 13.0 Å². The third kappa shape index (κ3) is 5.32. The third-order valence-electron chi connectivity index (χ3n) is 5.05. The van der Waals surface area contributed by atoms with E-state index in [4.69, 9.17) is 9.47 Å². The number of rotatable bonds is 7. The van der Waals surface area contributed by atoms with Crippen molar-refractivity contribution in [3.8, 4) is 5.75 Å². The highest BCUT2D eigenvalue weighted by Gasteiger charge is 2.30. The molecule has 2 aromatic rings. The molecule has 0 bridgehead atoms. The number of anilines is 1. The van der Waals surface area contributed by atoms with Crippen molar-refractivity contribution in [2.45, 2.75) is 39.8 Å². The van der Waals surface area contributed by atoms with Crippen molar-refractivity contribution in [3.05, 3.63) is 59.2 Å². The van der Waals surface area contributed by atoms with Gasteiger partial charge in [0.05, 0.1) is 5.69 Å². The maximum atomic E-state index is 12.8. The zero-order valence-corrected chi connectivity index (χ0v) is 18.4. The standard InChI is InChI=1S/C24H26N2O6/c1-13(2)21(26-23(29)17-7-5-6-14(3)10-17)24(30)32-15(4)22(28)16-8-9-19-18(11-16)25-20(27)12-31-19/h5-11,13,15,21H,12H2,1-4H3,(H,25,27)(H,26,29)/t15-,21-/m1/s1. The number of Topliss-reactive ketones (excluding diaryl/α,β-unsaturated/α-hetero) is 1. The second-order valence-corrected chi connectivity index (χ2v) is 8.06. The van der Waals surface area contributed by atoms with Gasteiger partial charge in [-0.25, -0.2) is 4.79 Å². The van der Waals surface area contributed by atoms with E-state index in [2.05, 4.69) is 10.6 Å². The highest BCUT2D eigenvalue weighted by Crippen LogP contribution is 2.29. The van der Waals surface area contributed by atoms with Gasteiger partial charge in [-0.2, -0.15) is 0 Å². The lowest BCUT2D eigenvalue weighted by Crippen LogP contribution is -2.46. The van der Waals surface area contributed by atoms with E-state index in [0.717, 1.165) is 5.56 Å². The highest BCUT2D eigenvalue weighted by atomic mass is 16.5. The van der Waals surface area contributed by atoms with Gasteiger partial charge in [-0.05, 0) is 50.1 Å². The van der Waals surface area contributed by atoms with Crippen molar-refractivity contribution in [2.24, 2.45) is 5.92 Å². The first-order chi connectivity index (χ1) is 15.2. The maximum Gasteiger partial charge on any atom is 0.329 e. The van der Waals surface area contributed by atoms with Crippen molar-refractivity contribution >= 4 is 29.3 Å². The fraction of sp³-hybridized carbons (Fsp3) is 0.333. The van der Waals surface area contributed by atoms with E-state index >= 15 is 0 Å². The molecule has 1 heterocycles. The molecule has 0 aromatic heterocycles. The van der Waals surface area contributed by atoms with Gasteiger partial charge in [-0.3, -0.25) is 14.4 Å². The minimum absolute atomic E-state index is 0.0842. The van der Waals surface area contributed by atoms with Crippen LogP contribution in [0.2, 0.25) is 0 Å². The smallest absolute Gasteiger partial charge is 0.329 e. The SMILES string of the molecule is Cc1cccc(C(=O)N[C@@H](C(=O)O[C@H](C)C(=O)c2ccc3c(c2)NC(=O)CO3)C(C)C)c1. The molecule has 0 saturated heterocycles. The zero-order valence-electron chi connectivity index (χ0n) is 18.4. The van der Waals surface area contributed by atoms with Crippen LogP contribution in [-0.4, -0.2) is 42.3 Å². The van der Waals surface area contributed by atoms with E-state index in [9.17, 15) is 19.2 Å². The van der Waals surface area contributed by atoms with Gasteiger partial charge in [0.15, 0.2) is 12.7 Å². The Labute approximate surface area is 186 Å². The second kappa shape index (κ2) is 9.64. The number of esters is 1. The predicted octanol–water partition coefficient (Wildman–Crippen LogP) is 2.89. The van der Waals surface area contributed by atoms with Gasteiger partial charge in [0.1, 0.15) is 11.8 Å². The first-order valence-electron chi connectivity index (χ1n) is 10.3. The fourth-order valence-corrected chi connectivity index (χ4v) is 3.28. The molecule has 2 N–H and O–H groups in total. The Morgan fingerprint density at radius 2 is 1.81 bits per heavy atom. The summed E-state index contributed by atoms with van der Waals surface area (Å²) in [5, 5.41) is 5.34. The highest BCUT2D eigenvalue weighted by molar-refractivity contribution is 6.03. The molecule has 8 nitrogen and oxygen atoms in total. The molecule has 0 fully saturated rings. The first-order valence-corrected chi connectivity index (χ1v) is 10.3. The van der Waals surface area contributed by atoms with Crippen LogP contribution in [0.5, 0.6) is 5.75 Å². The molecule has 0 radical (unpaired) electrons. The van der Waals surface area contributed by atoms with Crippen LogP contribution in [0.4, 0.5) is 5.69 Å².